The van der Waals surface area contributed by atoms with Crippen molar-refractivity contribution in [1.82, 2.24) is 4.98 Å². The van der Waals surface area contributed by atoms with Crippen molar-refractivity contribution < 1.29 is 8.78 Å². The van der Waals surface area contributed by atoms with E-state index in [-0.39, 0.29) is 11.6 Å². The van der Waals surface area contributed by atoms with Gasteiger partial charge in [-0.3, -0.25) is 0 Å². The zero-order valence-electron chi connectivity index (χ0n) is 12.7. The Morgan fingerprint density at radius 2 is 2.10 bits per heavy atom. The Hall–Kier alpha value is -1.39. The summed E-state index contributed by atoms with van der Waals surface area (Å²) < 4.78 is 27.6. The molecule has 21 heavy (non-hydrogen) atoms. The largest absolute Gasteiger partial charge is 0.368 e. The van der Waals surface area contributed by atoms with E-state index in [0.717, 1.165) is 24.4 Å². The van der Waals surface area contributed by atoms with Gasteiger partial charge < -0.3 is 10.2 Å². The zero-order chi connectivity index (χ0) is 15.0. The highest BCUT2D eigenvalue weighted by molar-refractivity contribution is 5.49. The standard InChI is InChI=1S/C16H23F2N3/c1-3-19-15-13(17)8-14(18)16(20-15)21(2)9-12-7-10-4-5-11(12)6-10/h8,10-12H,3-7,9H2,1-2H3,(H,19,20). The van der Waals surface area contributed by atoms with Gasteiger partial charge in [-0.25, -0.2) is 13.8 Å². The van der Waals surface area contributed by atoms with Crippen LogP contribution < -0.4 is 10.2 Å². The summed E-state index contributed by atoms with van der Waals surface area (Å²) in [4.78, 5) is 5.98. The fraction of sp³-hybridized carbons (Fsp3) is 0.688. The van der Waals surface area contributed by atoms with E-state index >= 15 is 0 Å². The second-order valence-corrected chi connectivity index (χ2v) is 6.47. The minimum Gasteiger partial charge on any atom is -0.368 e. The predicted octanol–water partition coefficient (Wildman–Crippen LogP) is 3.66. The summed E-state index contributed by atoms with van der Waals surface area (Å²) in [7, 11) is 1.85. The number of fused-ring (bicyclic) bond motifs is 2. The van der Waals surface area contributed by atoms with Gasteiger partial charge in [0.2, 0.25) is 0 Å². The first-order valence-corrected chi connectivity index (χ1v) is 7.89. The van der Waals surface area contributed by atoms with E-state index in [4.69, 9.17) is 0 Å². The molecule has 0 aliphatic heterocycles. The quantitative estimate of drug-likeness (QED) is 0.898. The number of nitrogens with zero attached hydrogens (tertiary/aromatic N) is 2. The van der Waals surface area contributed by atoms with E-state index in [1.54, 1.807) is 0 Å². The molecule has 0 spiro atoms. The maximum atomic E-state index is 14.0. The number of aromatic nitrogens is 1. The summed E-state index contributed by atoms with van der Waals surface area (Å²) in [5, 5.41) is 2.84. The lowest BCUT2D eigenvalue weighted by molar-refractivity contribution is 0.336. The molecule has 1 aromatic heterocycles. The maximum Gasteiger partial charge on any atom is 0.168 e. The van der Waals surface area contributed by atoms with Crippen LogP contribution in [-0.2, 0) is 0 Å². The minimum absolute atomic E-state index is 0.133. The molecule has 1 N–H and O–H groups in total. The summed E-state index contributed by atoms with van der Waals surface area (Å²) in [6, 6.07) is 0.928. The molecule has 0 saturated heterocycles. The molecule has 5 heteroatoms. The van der Waals surface area contributed by atoms with Crippen LogP contribution in [0.2, 0.25) is 0 Å². The van der Waals surface area contributed by atoms with Gasteiger partial charge in [0, 0.05) is 26.2 Å². The fourth-order valence-electron chi connectivity index (χ4n) is 4.05. The van der Waals surface area contributed by atoms with Crippen LogP contribution in [0.3, 0.4) is 0 Å². The first-order valence-electron chi connectivity index (χ1n) is 7.89. The topological polar surface area (TPSA) is 28.2 Å². The molecule has 2 saturated carbocycles. The highest BCUT2D eigenvalue weighted by Gasteiger charge is 2.39. The Balaban J connectivity index is 1.74. The van der Waals surface area contributed by atoms with Crippen molar-refractivity contribution in [2.24, 2.45) is 17.8 Å². The lowest BCUT2D eigenvalue weighted by Crippen LogP contribution is -2.30. The van der Waals surface area contributed by atoms with Crippen LogP contribution in [0.25, 0.3) is 0 Å². The summed E-state index contributed by atoms with van der Waals surface area (Å²) in [5.41, 5.74) is 0. The van der Waals surface area contributed by atoms with Crippen molar-refractivity contribution in [2.45, 2.75) is 32.6 Å². The van der Waals surface area contributed by atoms with Crippen LogP contribution in [0, 0.1) is 29.4 Å². The highest BCUT2D eigenvalue weighted by Crippen LogP contribution is 2.48. The van der Waals surface area contributed by atoms with Crippen molar-refractivity contribution in [3.63, 3.8) is 0 Å². The average molecular weight is 295 g/mol. The van der Waals surface area contributed by atoms with Gasteiger partial charge in [-0.2, -0.15) is 0 Å². The minimum atomic E-state index is -0.633. The molecule has 1 heterocycles. The number of anilines is 2. The number of rotatable bonds is 5. The summed E-state index contributed by atoms with van der Waals surface area (Å²) in [6.07, 6.45) is 5.25. The Morgan fingerprint density at radius 1 is 1.29 bits per heavy atom. The first kappa shape index (κ1) is 14.5. The SMILES string of the molecule is CCNc1nc(N(C)CC2CC3CCC2C3)c(F)cc1F. The zero-order valence-corrected chi connectivity index (χ0v) is 12.7. The number of nitrogens with one attached hydrogen (secondary N) is 1. The number of hydrogen-bond donors (Lipinski definition) is 1. The van der Waals surface area contributed by atoms with Gasteiger partial charge >= 0.3 is 0 Å². The Labute approximate surface area is 124 Å². The van der Waals surface area contributed by atoms with Gasteiger partial charge in [-0.1, -0.05) is 6.42 Å². The molecule has 0 amide bonds. The molecule has 0 radical (unpaired) electrons. The van der Waals surface area contributed by atoms with E-state index in [1.807, 2.05) is 18.9 Å². The maximum absolute atomic E-state index is 14.0. The van der Waals surface area contributed by atoms with Crippen molar-refractivity contribution >= 4 is 11.6 Å². The fourth-order valence-corrected chi connectivity index (χ4v) is 4.05. The third-order valence-electron chi connectivity index (χ3n) is 5.01. The molecule has 116 valence electrons. The lowest BCUT2D eigenvalue weighted by Gasteiger charge is -2.28. The number of hydrogen-bond acceptors (Lipinski definition) is 3. The molecule has 1 aromatic rings. The number of halogens is 2. The first-order chi connectivity index (χ1) is 10.1. The monoisotopic (exact) mass is 295 g/mol. The lowest BCUT2D eigenvalue weighted by atomic mass is 9.88. The van der Waals surface area contributed by atoms with E-state index in [9.17, 15) is 8.78 Å². The predicted molar refractivity (Wildman–Crippen MR) is 80.5 cm³/mol. The van der Waals surface area contributed by atoms with E-state index < -0.39 is 11.6 Å². The molecule has 3 nitrogen and oxygen atoms in total. The van der Waals surface area contributed by atoms with Gasteiger partial charge in [0.25, 0.3) is 0 Å². The molecule has 2 bridgehead atoms. The highest BCUT2D eigenvalue weighted by atomic mass is 19.1. The van der Waals surface area contributed by atoms with E-state index in [0.29, 0.717) is 12.5 Å². The molecule has 3 atom stereocenters. The molecule has 3 unspecified atom stereocenters. The van der Waals surface area contributed by atoms with Crippen LogP contribution in [0.15, 0.2) is 6.07 Å². The van der Waals surface area contributed by atoms with Crippen molar-refractivity contribution in [1.29, 1.82) is 0 Å². The summed E-state index contributed by atoms with van der Waals surface area (Å²) >= 11 is 0. The molecular formula is C16H23F2N3. The van der Waals surface area contributed by atoms with Crippen LogP contribution in [0.5, 0.6) is 0 Å². The third kappa shape index (κ3) is 2.83. The van der Waals surface area contributed by atoms with Crippen molar-refractivity contribution in [3.05, 3.63) is 17.7 Å². The Bertz CT molecular complexity index is 520. The molecule has 2 aliphatic carbocycles. The van der Waals surface area contributed by atoms with E-state index in [2.05, 4.69) is 10.3 Å². The van der Waals surface area contributed by atoms with Gasteiger partial charge in [-0.15, -0.1) is 0 Å². The summed E-state index contributed by atoms with van der Waals surface area (Å²) in [5.74, 6) is 1.45. The smallest absolute Gasteiger partial charge is 0.168 e. The average Bonchev–Trinajstić information content (AvgIpc) is 3.04. The second kappa shape index (κ2) is 5.78. The Morgan fingerprint density at radius 3 is 2.71 bits per heavy atom. The third-order valence-corrected chi connectivity index (χ3v) is 5.01. The van der Waals surface area contributed by atoms with E-state index in [1.165, 1.54) is 25.7 Å². The molecule has 0 aromatic carbocycles. The molecular weight excluding hydrogens is 272 g/mol. The van der Waals surface area contributed by atoms with Gasteiger partial charge in [0.15, 0.2) is 23.3 Å². The molecule has 3 rings (SSSR count). The Kier molecular flexibility index (Phi) is 4.00. The van der Waals surface area contributed by atoms with Crippen LogP contribution in [0.4, 0.5) is 20.4 Å². The van der Waals surface area contributed by atoms with Crippen LogP contribution in [-0.4, -0.2) is 25.1 Å². The van der Waals surface area contributed by atoms with Gasteiger partial charge in [-0.05, 0) is 43.9 Å². The van der Waals surface area contributed by atoms with Crippen molar-refractivity contribution in [3.8, 4) is 0 Å². The van der Waals surface area contributed by atoms with Gasteiger partial charge in [0.1, 0.15) is 0 Å². The van der Waals surface area contributed by atoms with Crippen LogP contribution in [0.1, 0.15) is 32.6 Å². The van der Waals surface area contributed by atoms with Gasteiger partial charge in [0.05, 0.1) is 0 Å². The number of pyridine rings is 1. The van der Waals surface area contributed by atoms with Crippen molar-refractivity contribution in [2.75, 3.05) is 30.4 Å². The molecule has 2 fully saturated rings. The normalized spacial score (nSPS) is 27.1. The van der Waals surface area contributed by atoms with Crippen LogP contribution >= 0.6 is 0 Å². The summed E-state index contributed by atoms with van der Waals surface area (Å²) in [6.45, 7) is 3.23. The molecule has 2 aliphatic rings. The second-order valence-electron chi connectivity index (χ2n) is 6.47.